The molecule has 2 heterocycles. The summed E-state index contributed by atoms with van der Waals surface area (Å²) in [6.07, 6.45) is 7.58. The van der Waals surface area contributed by atoms with Gasteiger partial charge in [-0.25, -0.2) is 14.5 Å². The van der Waals surface area contributed by atoms with Gasteiger partial charge in [0.2, 0.25) is 0 Å². The topological polar surface area (TPSA) is 89.7 Å². The van der Waals surface area contributed by atoms with E-state index in [9.17, 15) is 4.79 Å². The number of rotatable bonds is 6. The SMILES string of the molecule is CCn1nncc1CNC(=O)NC(c1nccn1C)C1CC1. The Balaban J connectivity index is 1.59. The van der Waals surface area contributed by atoms with Crippen molar-refractivity contribution < 1.29 is 4.79 Å². The van der Waals surface area contributed by atoms with E-state index in [1.165, 1.54) is 0 Å². The smallest absolute Gasteiger partial charge is 0.315 e. The second kappa shape index (κ2) is 6.17. The summed E-state index contributed by atoms with van der Waals surface area (Å²) in [6, 6.07) is -0.224. The van der Waals surface area contributed by atoms with E-state index in [0.717, 1.165) is 30.9 Å². The number of nitrogens with zero attached hydrogens (tertiary/aromatic N) is 5. The van der Waals surface area contributed by atoms with Crippen molar-refractivity contribution >= 4 is 6.03 Å². The van der Waals surface area contributed by atoms with Crippen LogP contribution in [0.2, 0.25) is 0 Å². The molecule has 2 aromatic rings. The first-order valence-electron chi connectivity index (χ1n) is 7.58. The van der Waals surface area contributed by atoms with Gasteiger partial charge in [0, 0.05) is 26.0 Å². The van der Waals surface area contributed by atoms with Gasteiger partial charge in [-0.1, -0.05) is 5.21 Å². The molecule has 118 valence electrons. The van der Waals surface area contributed by atoms with Gasteiger partial charge in [0.15, 0.2) is 0 Å². The predicted molar refractivity (Wildman–Crippen MR) is 79.7 cm³/mol. The van der Waals surface area contributed by atoms with Crippen molar-refractivity contribution in [2.75, 3.05) is 0 Å². The van der Waals surface area contributed by atoms with E-state index >= 15 is 0 Å². The van der Waals surface area contributed by atoms with Crippen LogP contribution in [0.3, 0.4) is 0 Å². The summed E-state index contributed by atoms with van der Waals surface area (Å²) >= 11 is 0. The summed E-state index contributed by atoms with van der Waals surface area (Å²) in [5.74, 6) is 1.38. The molecular formula is C14H21N7O. The highest BCUT2D eigenvalue weighted by atomic mass is 16.2. The van der Waals surface area contributed by atoms with E-state index in [0.29, 0.717) is 12.5 Å². The number of amides is 2. The summed E-state index contributed by atoms with van der Waals surface area (Å²) in [5, 5.41) is 13.7. The lowest BCUT2D eigenvalue weighted by atomic mass is 10.2. The minimum atomic E-state index is -0.191. The van der Waals surface area contributed by atoms with Crippen molar-refractivity contribution in [3.05, 3.63) is 30.1 Å². The van der Waals surface area contributed by atoms with Gasteiger partial charge in [-0.15, -0.1) is 5.10 Å². The number of urea groups is 1. The Labute approximate surface area is 128 Å². The average Bonchev–Trinajstić information content (AvgIpc) is 3.10. The van der Waals surface area contributed by atoms with Crippen LogP contribution >= 0.6 is 0 Å². The fraction of sp³-hybridized carbons (Fsp3) is 0.571. The normalized spacial score (nSPS) is 15.5. The van der Waals surface area contributed by atoms with Crippen molar-refractivity contribution in [3.63, 3.8) is 0 Å². The fourth-order valence-corrected chi connectivity index (χ4v) is 2.54. The molecule has 1 unspecified atom stereocenters. The van der Waals surface area contributed by atoms with Crippen LogP contribution < -0.4 is 10.6 Å². The van der Waals surface area contributed by atoms with Crippen LogP contribution in [0.15, 0.2) is 18.6 Å². The number of hydrogen-bond acceptors (Lipinski definition) is 4. The maximum atomic E-state index is 12.2. The van der Waals surface area contributed by atoms with E-state index in [4.69, 9.17) is 0 Å². The van der Waals surface area contributed by atoms with Crippen molar-refractivity contribution in [1.82, 2.24) is 35.2 Å². The second-order valence-corrected chi connectivity index (χ2v) is 5.58. The molecule has 1 aliphatic carbocycles. The van der Waals surface area contributed by atoms with Crippen LogP contribution in [0.4, 0.5) is 4.79 Å². The van der Waals surface area contributed by atoms with Gasteiger partial charge in [0.05, 0.1) is 24.5 Å². The summed E-state index contributed by atoms with van der Waals surface area (Å²) in [7, 11) is 1.95. The average molecular weight is 303 g/mol. The molecular weight excluding hydrogens is 282 g/mol. The number of carbonyl (C=O) groups is 1. The maximum absolute atomic E-state index is 12.2. The molecule has 1 fully saturated rings. The zero-order valence-electron chi connectivity index (χ0n) is 12.9. The second-order valence-electron chi connectivity index (χ2n) is 5.58. The van der Waals surface area contributed by atoms with Gasteiger partial charge in [0.25, 0.3) is 0 Å². The first-order valence-corrected chi connectivity index (χ1v) is 7.58. The summed E-state index contributed by atoms with van der Waals surface area (Å²) < 4.78 is 3.72. The highest BCUT2D eigenvalue weighted by Gasteiger charge is 2.35. The van der Waals surface area contributed by atoms with Crippen molar-refractivity contribution in [1.29, 1.82) is 0 Å². The maximum Gasteiger partial charge on any atom is 0.315 e. The first kappa shape index (κ1) is 14.6. The van der Waals surface area contributed by atoms with Crippen LogP contribution in [0, 0.1) is 5.92 Å². The Kier molecular flexibility index (Phi) is 4.08. The van der Waals surface area contributed by atoms with Crippen LogP contribution in [0.25, 0.3) is 0 Å². The molecule has 0 aromatic carbocycles. The van der Waals surface area contributed by atoms with Crippen LogP contribution in [-0.2, 0) is 20.1 Å². The Hall–Kier alpha value is -2.38. The van der Waals surface area contributed by atoms with Gasteiger partial charge in [-0.3, -0.25) is 0 Å². The third-order valence-corrected chi connectivity index (χ3v) is 3.94. The minimum Gasteiger partial charge on any atom is -0.336 e. The standard InChI is InChI=1S/C14H21N7O/c1-3-21-11(9-17-19-21)8-16-14(22)18-12(10-4-5-10)13-15-6-7-20(13)2/h6-7,9-10,12H,3-5,8H2,1-2H3,(H2,16,18,22). The zero-order valence-corrected chi connectivity index (χ0v) is 12.9. The third-order valence-electron chi connectivity index (χ3n) is 3.94. The molecule has 0 aliphatic heterocycles. The van der Waals surface area contributed by atoms with Crippen molar-refractivity contribution in [3.8, 4) is 0 Å². The minimum absolute atomic E-state index is 0.0331. The number of aryl methyl sites for hydroxylation is 2. The van der Waals surface area contributed by atoms with Crippen LogP contribution in [0.1, 0.15) is 37.3 Å². The highest BCUT2D eigenvalue weighted by Crippen LogP contribution is 2.40. The lowest BCUT2D eigenvalue weighted by molar-refractivity contribution is 0.234. The quantitative estimate of drug-likeness (QED) is 0.832. The van der Waals surface area contributed by atoms with Gasteiger partial charge in [0.1, 0.15) is 5.82 Å². The summed E-state index contributed by atoms with van der Waals surface area (Å²) in [5.41, 5.74) is 0.887. The van der Waals surface area contributed by atoms with E-state index < -0.39 is 0 Å². The van der Waals surface area contributed by atoms with Gasteiger partial charge in [-0.05, 0) is 25.7 Å². The largest absolute Gasteiger partial charge is 0.336 e. The van der Waals surface area contributed by atoms with Crippen molar-refractivity contribution in [2.45, 2.75) is 38.9 Å². The third kappa shape index (κ3) is 3.10. The molecule has 2 amide bonds. The first-order chi connectivity index (χ1) is 10.7. The van der Waals surface area contributed by atoms with Gasteiger partial charge < -0.3 is 15.2 Å². The molecule has 2 aromatic heterocycles. The van der Waals surface area contributed by atoms with Gasteiger partial charge in [-0.2, -0.15) is 0 Å². The Morgan fingerprint density at radius 2 is 2.32 bits per heavy atom. The molecule has 1 saturated carbocycles. The van der Waals surface area contributed by atoms with E-state index in [-0.39, 0.29) is 12.1 Å². The zero-order chi connectivity index (χ0) is 15.5. The Morgan fingerprint density at radius 1 is 1.50 bits per heavy atom. The van der Waals surface area contributed by atoms with Crippen LogP contribution in [-0.4, -0.2) is 30.6 Å². The van der Waals surface area contributed by atoms with Crippen molar-refractivity contribution in [2.24, 2.45) is 13.0 Å². The molecule has 8 heteroatoms. The lowest BCUT2D eigenvalue weighted by Crippen LogP contribution is -2.39. The lowest BCUT2D eigenvalue weighted by Gasteiger charge is -2.18. The highest BCUT2D eigenvalue weighted by molar-refractivity contribution is 5.74. The molecule has 0 saturated heterocycles. The fourth-order valence-electron chi connectivity index (χ4n) is 2.54. The van der Waals surface area contributed by atoms with Crippen LogP contribution in [0.5, 0.6) is 0 Å². The summed E-state index contributed by atoms with van der Waals surface area (Å²) in [4.78, 5) is 16.5. The Bertz CT molecular complexity index is 643. The van der Waals surface area contributed by atoms with E-state index in [2.05, 4.69) is 25.9 Å². The molecule has 1 aliphatic rings. The molecule has 22 heavy (non-hydrogen) atoms. The monoisotopic (exact) mass is 303 g/mol. The number of aromatic nitrogens is 5. The number of nitrogens with one attached hydrogen (secondary N) is 2. The molecule has 0 bridgehead atoms. The predicted octanol–water partition coefficient (Wildman–Crippen LogP) is 0.982. The molecule has 0 spiro atoms. The molecule has 2 N–H and O–H groups in total. The molecule has 3 rings (SSSR count). The number of carbonyl (C=O) groups excluding carboxylic acids is 1. The van der Waals surface area contributed by atoms with E-state index in [1.54, 1.807) is 17.1 Å². The molecule has 1 atom stereocenters. The Morgan fingerprint density at radius 3 is 2.95 bits per heavy atom. The number of imidazole rings is 1. The van der Waals surface area contributed by atoms with Gasteiger partial charge >= 0.3 is 6.03 Å². The number of hydrogen-bond donors (Lipinski definition) is 2. The summed E-state index contributed by atoms with van der Waals surface area (Å²) in [6.45, 7) is 3.13. The molecule has 0 radical (unpaired) electrons. The van der Waals surface area contributed by atoms with E-state index in [1.807, 2.05) is 24.7 Å². The molecule has 8 nitrogen and oxygen atoms in total.